The number of amides is 3. The molecule has 4 fully saturated rings. The van der Waals surface area contributed by atoms with E-state index in [1.54, 1.807) is 0 Å². The van der Waals surface area contributed by atoms with Gasteiger partial charge in [-0.1, -0.05) is 6.92 Å². The molecule has 3 aliphatic heterocycles. The first-order chi connectivity index (χ1) is 33.4. The van der Waals surface area contributed by atoms with Crippen LogP contribution in [0.3, 0.4) is 0 Å². The number of carbonyl (C=O) groups is 3. The molecule has 24 heteroatoms. The van der Waals surface area contributed by atoms with E-state index in [2.05, 4.69) is 16.0 Å². The smallest absolute Gasteiger partial charge is 0.217 e. The Bertz CT molecular complexity index is 1560. The van der Waals surface area contributed by atoms with Crippen molar-refractivity contribution in [2.24, 2.45) is 11.3 Å². The first-order valence-corrected chi connectivity index (χ1v) is 24.7. The molecular formula is C46H83N3O21. The van der Waals surface area contributed by atoms with E-state index in [1.165, 1.54) is 20.8 Å². The first-order valence-electron chi connectivity index (χ1n) is 24.7. The lowest BCUT2D eigenvalue weighted by Gasteiger charge is -2.45. The number of hydrogen-bond acceptors (Lipinski definition) is 21. The maximum atomic E-state index is 11.9. The predicted octanol–water partition coefficient (Wildman–Crippen LogP) is -3.17. The summed E-state index contributed by atoms with van der Waals surface area (Å²) in [4.78, 5) is 35.4. The van der Waals surface area contributed by atoms with Gasteiger partial charge in [-0.25, -0.2) is 0 Å². The van der Waals surface area contributed by atoms with Crippen LogP contribution in [0.1, 0.15) is 91.9 Å². The van der Waals surface area contributed by atoms with Crippen molar-refractivity contribution in [3.05, 3.63) is 0 Å². The zero-order chi connectivity index (χ0) is 51.5. The van der Waals surface area contributed by atoms with Crippen LogP contribution in [0.25, 0.3) is 0 Å². The summed E-state index contributed by atoms with van der Waals surface area (Å²) in [6.07, 6.45) is -3.90. The van der Waals surface area contributed by atoms with E-state index in [0.29, 0.717) is 78.2 Å². The number of nitrogens with one attached hydrogen (secondary N) is 3. The molecule has 0 spiro atoms. The molecule has 3 heterocycles. The molecule has 1 saturated carbocycles. The van der Waals surface area contributed by atoms with E-state index in [1.807, 2.05) is 6.92 Å². The molecule has 24 nitrogen and oxygen atoms in total. The summed E-state index contributed by atoms with van der Waals surface area (Å²) < 4.78 is 53.2. The van der Waals surface area contributed by atoms with Gasteiger partial charge in [-0.05, 0) is 57.8 Å². The second-order valence-corrected chi connectivity index (χ2v) is 19.4. The lowest BCUT2D eigenvalue weighted by molar-refractivity contribution is -0.277. The molecule has 70 heavy (non-hydrogen) atoms. The Hall–Kier alpha value is -2.31. The molecule has 0 radical (unpaired) electrons. The van der Waals surface area contributed by atoms with Crippen molar-refractivity contribution in [2.75, 3.05) is 85.9 Å². The molecule has 1 aliphatic carbocycles. The molecule has 0 aromatic heterocycles. The Morgan fingerprint density at radius 3 is 1.47 bits per heavy atom. The second-order valence-electron chi connectivity index (χ2n) is 19.4. The largest absolute Gasteiger partial charge is 0.394 e. The Kier molecular flexibility index (Phi) is 25.4. The van der Waals surface area contributed by atoms with Crippen molar-refractivity contribution >= 4 is 17.7 Å². The van der Waals surface area contributed by atoms with E-state index >= 15 is 0 Å². The number of hydrogen-bond donors (Lipinski definition) is 12. The maximum Gasteiger partial charge on any atom is 0.217 e. The molecule has 408 valence electrons. The standard InChI is InChI=1S/C46H83N3O21/c1-28(54)47-31-20-45(60,24-53)33(22-51)69-41(31)65-17-11-5-8-14-62-25-44(4,27-64-16-10-7-13-19-67-43-37(49-30(3)56)39(58)38(57)32(21-50)68-43)26-63-15-9-6-12-18-66-42-36(48-29(2)55)35-40(59)46(35,61)34(23-52)70-42/h31-43,50-53,57-61H,5-27H2,1-4H3,(H,47,54)(H,48,55)(H,49,56)/t31?,32?,33?,34?,35?,36?,37?,38-,39?,40?,41+,42+,43+,44?,45?,46?/m0/s1. The lowest BCUT2D eigenvalue weighted by atomic mass is 9.86. The van der Waals surface area contributed by atoms with Crippen molar-refractivity contribution in [1.29, 1.82) is 0 Å². The van der Waals surface area contributed by atoms with Gasteiger partial charge in [-0.3, -0.25) is 14.4 Å². The Morgan fingerprint density at radius 2 is 1.01 bits per heavy atom. The normalized spacial score (nSPS) is 34.8. The molecule has 0 bridgehead atoms. The highest BCUT2D eigenvalue weighted by molar-refractivity contribution is 5.74. The van der Waals surface area contributed by atoms with Gasteiger partial charge < -0.3 is 105 Å². The fraction of sp³-hybridized carbons (Fsp3) is 0.935. The van der Waals surface area contributed by atoms with Crippen LogP contribution in [0.15, 0.2) is 0 Å². The lowest BCUT2D eigenvalue weighted by Crippen LogP contribution is -2.64. The molecular weight excluding hydrogens is 931 g/mol. The first kappa shape index (κ1) is 60.2. The van der Waals surface area contributed by atoms with Crippen LogP contribution in [-0.2, 0) is 57.0 Å². The van der Waals surface area contributed by atoms with Crippen LogP contribution in [0.4, 0.5) is 0 Å². The number of unbranched alkanes of at least 4 members (excludes halogenated alkanes) is 6. The highest BCUT2D eigenvalue weighted by Crippen LogP contribution is 2.54. The minimum absolute atomic E-state index is 0.0551. The fourth-order valence-electron chi connectivity index (χ4n) is 9.19. The Morgan fingerprint density at radius 1 is 0.571 bits per heavy atom. The van der Waals surface area contributed by atoms with E-state index in [4.69, 9.17) is 42.6 Å². The van der Waals surface area contributed by atoms with E-state index in [9.17, 15) is 60.3 Å². The van der Waals surface area contributed by atoms with E-state index in [-0.39, 0.29) is 38.1 Å². The van der Waals surface area contributed by atoms with Gasteiger partial charge in [0.25, 0.3) is 0 Å². The third-order valence-electron chi connectivity index (χ3n) is 13.1. The number of aliphatic hydroxyl groups excluding tert-OH is 7. The molecule has 12 N–H and O–H groups in total. The number of ether oxygens (including phenoxy) is 9. The minimum Gasteiger partial charge on any atom is -0.394 e. The van der Waals surface area contributed by atoms with Gasteiger partial charge in [0.1, 0.15) is 47.8 Å². The van der Waals surface area contributed by atoms with Gasteiger partial charge in [0.2, 0.25) is 17.7 Å². The van der Waals surface area contributed by atoms with E-state index in [0.717, 1.165) is 19.3 Å². The average Bonchev–Trinajstić information content (AvgIpc) is 3.88. The van der Waals surface area contributed by atoms with Crippen LogP contribution < -0.4 is 16.0 Å². The minimum atomic E-state index is -1.73. The molecule has 12 unspecified atom stereocenters. The summed E-state index contributed by atoms with van der Waals surface area (Å²) in [5.74, 6) is -1.88. The molecule has 3 saturated heterocycles. The van der Waals surface area contributed by atoms with Crippen molar-refractivity contribution in [3.8, 4) is 0 Å². The molecule has 4 rings (SSSR count). The van der Waals surface area contributed by atoms with Crippen molar-refractivity contribution in [3.63, 3.8) is 0 Å². The van der Waals surface area contributed by atoms with Crippen LogP contribution in [0.5, 0.6) is 0 Å². The van der Waals surface area contributed by atoms with Gasteiger partial charge in [0.05, 0.1) is 64.4 Å². The molecule has 0 aromatic carbocycles. The van der Waals surface area contributed by atoms with Crippen molar-refractivity contribution in [1.82, 2.24) is 16.0 Å². The second kappa shape index (κ2) is 29.5. The zero-order valence-corrected chi connectivity index (χ0v) is 41.2. The fourth-order valence-corrected chi connectivity index (χ4v) is 9.19. The Balaban J connectivity index is 1.18. The quantitative estimate of drug-likeness (QED) is 0.0283. The van der Waals surface area contributed by atoms with Crippen LogP contribution in [-0.4, -0.2) is 234 Å². The Labute approximate surface area is 409 Å². The van der Waals surface area contributed by atoms with Crippen LogP contribution >= 0.6 is 0 Å². The van der Waals surface area contributed by atoms with Crippen molar-refractivity contribution in [2.45, 2.75) is 177 Å². The van der Waals surface area contributed by atoms with Gasteiger partial charge >= 0.3 is 0 Å². The van der Waals surface area contributed by atoms with E-state index < -0.39 is 128 Å². The zero-order valence-electron chi connectivity index (χ0n) is 41.2. The van der Waals surface area contributed by atoms with Crippen molar-refractivity contribution < 1.29 is 103 Å². The summed E-state index contributed by atoms with van der Waals surface area (Å²) in [6, 6.07) is -2.51. The summed E-state index contributed by atoms with van der Waals surface area (Å²) in [5.41, 5.74) is -3.88. The maximum absolute atomic E-state index is 11.9. The molecule has 0 aromatic rings. The van der Waals surface area contributed by atoms with Crippen LogP contribution in [0.2, 0.25) is 0 Å². The monoisotopic (exact) mass is 1010 g/mol. The topological polar surface area (TPSA) is 352 Å². The number of carbonyl (C=O) groups excluding carboxylic acids is 3. The van der Waals surface area contributed by atoms with Crippen LogP contribution in [0, 0.1) is 11.3 Å². The molecule has 3 amide bonds. The van der Waals surface area contributed by atoms with Gasteiger partial charge in [-0.15, -0.1) is 0 Å². The molecule has 4 aliphatic rings. The SMILES string of the molecule is CC(=O)NC1CC(O)(CO)C(CO)O[C@H]1OCCCCCOCC(C)(COCCCCCO[C@@H]1OC(CO)[C@H](O)C(O)C1NC(C)=O)COCCCCCO[C@@H]1OC(CO)C2(O)C(O)C2C1NC(C)=O. The summed E-state index contributed by atoms with van der Waals surface area (Å²) >= 11 is 0. The highest BCUT2D eigenvalue weighted by Gasteiger charge is 2.75. The third kappa shape index (κ3) is 17.4. The average molecular weight is 1010 g/mol. The predicted molar refractivity (Wildman–Crippen MR) is 243 cm³/mol. The number of rotatable bonds is 34. The highest BCUT2D eigenvalue weighted by atomic mass is 16.7. The number of aliphatic hydroxyl groups is 9. The van der Waals surface area contributed by atoms with Gasteiger partial charge in [-0.2, -0.15) is 0 Å². The number of fused-ring (bicyclic) bond motifs is 1. The van der Waals surface area contributed by atoms with Gasteiger partial charge in [0, 0.05) is 78.2 Å². The summed E-state index contributed by atoms with van der Waals surface area (Å²) in [5, 5.41) is 99.4. The molecule has 16 atom stereocenters. The summed E-state index contributed by atoms with van der Waals surface area (Å²) in [6.45, 7) is 6.86. The summed E-state index contributed by atoms with van der Waals surface area (Å²) in [7, 11) is 0. The van der Waals surface area contributed by atoms with Gasteiger partial charge in [0.15, 0.2) is 18.9 Å². The third-order valence-corrected chi connectivity index (χ3v) is 13.1.